The molecule has 0 aliphatic heterocycles. The maximum absolute atomic E-state index is 12.2. The SMILES string of the molecule is CCCC(C)C(=O)NC1(/C(N)=N/O)CCC(C)CC1. The third kappa shape index (κ3) is 3.85. The Morgan fingerprint density at radius 2 is 2.11 bits per heavy atom. The third-order valence-corrected chi connectivity index (χ3v) is 4.26. The number of oxime groups is 1. The number of nitrogens with zero attached hydrogens (tertiary/aromatic N) is 1. The fourth-order valence-corrected chi connectivity index (χ4v) is 2.72. The standard InChI is InChI=1S/C14H27N3O2/c1-4-5-11(3)12(18)16-14(13(15)17-19)8-6-10(2)7-9-14/h10-11,19H,4-9H2,1-3H3,(H2,15,17)(H,16,18). The monoisotopic (exact) mass is 269 g/mol. The molecule has 0 aromatic heterocycles. The van der Waals surface area contributed by atoms with Crippen molar-refractivity contribution < 1.29 is 10.0 Å². The van der Waals surface area contributed by atoms with Crippen LogP contribution in [0.1, 0.15) is 59.3 Å². The van der Waals surface area contributed by atoms with E-state index in [1.807, 2.05) is 6.92 Å². The molecule has 0 radical (unpaired) electrons. The van der Waals surface area contributed by atoms with Crippen molar-refractivity contribution in [1.29, 1.82) is 0 Å². The first-order valence-corrected chi connectivity index (χ1v) is 7.25. The molecule has 1 amide bonds. The van der Waals surface area contributed by atoms with Crippen molar-refractivity contribution in [1.82, 2.24) is 5.32 Å². The smallest absolute Gasteiger partial charge is 0.223 e. The van der Waals surface area contributed by atoms with Crippen LogP contribution in [0.4, 0.5) is 0 Å². The summed E-state index contributed by atoms with van der Waals surface area (Å²) in [5.41, 5.74) is 5.18. The molecular weight excluding hydrogens is 242 g/mol. The number of hydrogen-bond acceptors (Lipinski definition) is 3. The Labute approximate surface area is 115 Å². The molecular formula is C14H27N3O2. The molecule has 0 spiro atoms. The molecule has 0 aromatic rings. The highest BCUT2D eigenvalue weighted by molar-refractivity contribution is 5.94. The van der Waals surface area contributed by atoms with Crippen LogP contribution in [-0.4, -0.2) is 22.5 Å². The normalized spacial score (nSPS) is 29.8. The summed E-state index contributed by atoms with van der Waals surface area (Å²) in [6, 6.07) is 0. The lowest BCUT2D eigenvalue weighted by atomic mass is 9.76. The zero-order valence-corrected chi connectivity index (χ0v) is 12.3. The largest absolute Gasteiger partial charge is 0.409 e. The minimum atomic E-state index is -0.652. The van der Waals surface area contributed by atoms with Crippen LogP contribution in [0.5, 0.6) is 0 Å². The summed E-state index contributed by atoms with van der Waals surface area (Å²) >= 11 is 0. The fourth-order valence-electron chi connectivity index (χ4n) is 2.72. The molecule has 0 bridgehead atoms. The van der Waals surface area contributed by atoms with Gasteiger partial charge >= 0.3 is 0 Å². The maximum Gasteiger partial charge on any atom is 0.223 e. The molecule has 0 heterocycles. The van der Waals surface area contributed by atoms with Gasteiger partial charge in [-0.15, -0.1) is 0 Å². The van der Waals surface area contributed by atoms with Gasteiger partial charge in [-0.25, -0.2) is 0 Å². The molecule has 1 atom stereocenters. The Morgan fingerprint density at radius 3 is 2.58 bits per heavy atom. The number of amides is 1. The Balaban J connectivity index is 2.79. The summed E-state index contributed by atoms with van der Waals surface area (Å²) in [6.07, 6.45) is 5.29. The lowest BCUT2D eigenvalue weighted by Gasteiger charge is -2.39. The second kappa shape index (κ2) is 6.78. The summed E-state index contributed by atoms with van der Waals surface area (Å²) < 4.78 is 0. The van der Waals surface area contributed by atoms with Crippen LogP contribution >= 0.6 is 0 Å². The van der Waals surface area contributed by atoms with Crippen LogP contribution in [0.3, 0.4) is 0 Å². The van der Waals surface area contributed by atoms with Gasteiger partial charge in [0.05, 0.1) is 0 Å². The third-order valence-electron chi connectivity index (χ3n) is 4.26. The molecule has 1 unspecified atom stereocenters. The van der Waals surface area contributed by atoms with Gasteiger partial charge in [0.15, 0.2) is 5.84 Å². The van der Waals surface area contributed by atoms with Crippen LogP contribution in [0.15, 0.2) is 5.16 Å². The molecule has 0 saturated heterocycles. The second-order valence-electron chi connectivity index (χ2n) is 5.93. The van der Waals surface area contributed by atoms with Crippen LogP contribution in [0, 0.1) is 11.8 Å². The van der Waals surface area contributed by atoms with E-state index in [1.165, 1.54) is 0 Å². The topological polar surface area (TPSA) is 87.7 Å². The van der Waals surface area contributed by atoms with Crippen LogP contribution in [0.2, 0.25) is 0 Å². The molecule has 5 nitrogen and oxygen atoms in total. The van der Waals surface area contributed by atoms with Gasteiger partial charge < -0.3 is 16.3 Å². The van der Waals surface area contributed by atoms with Crippen molar-refractivity contribution in [3.63, 3.8) is 0 Å². The summed E-state index contributed by atoms with van der Waals surface area (Å²) in [7, 11) is 0. The number of carbonyl (C=O) groups excluding carboxylic acids is 1. The first-order chi connectivity index (χ1) is 8.95. The number of carbonyl (C=O) groups is 1. The van der Waals surface area contributed by atoms with Crippen LogP contribution in [0.25, 0.3) is 0 Å². The molecule has 19 heavy (non-hydrogen) atoms. The Kier molecular flexibility index (Phi) is 5.63. The highest BCUT2D eigenvalue weighted by atomic mass is 16.4. The number of hydrogen-bond donors (Lipinski definition) is 3. The first-order valence-electron chi connectivity index (χ1n) is 7.25. The average molecular weight is 269 g/mol. The van der Waals surface area contributed by atoms with E-state index in [0.29, 0.717) is 5.92 Å². The van der Waals surface area contributed by atoms with Crippen molar-refractivity contribution >= 4 is 11.7 Å². The quantitative estimate of drug-likeness (QED) is 0.309. The number of rotatable bonds is 5. The van der Waals surface area contributed by atoms with Gasteiger partial charge in [-0.1, -0.05) is 32.3 Å². The van der Waals surface area contributed by atoms with Crippen molar-refractivity contribution in [2.24, 2.45) is 22.7 Å². The van der Waals surface area contributed by atoms with Gasteiger partial charge in [-0.3, -0.25) is 4.79 Å². The van der Waals surface area contributed by atoms with Gasteiger partial charge in [-0.05, 0) is 38.0 Å². The van der Waals surface area contributed by atoms with E-state index in [2.05, 4.69) is 24.3 Å². The molecule has 0 aromatic carbocycles. The Hall–Kier alpha value is -1.26. The lowest BCUT2D eigenvalue weighted by Crippen LogP contribution is -2.60. The minimum absolute atomic E-state index is 0.00278. The first kappa shape index (κ1) is 15.8. The van der Waals surface area contributed by atoms with Crippen molar-refractivity contribution in [3.8, 4) is 0 Å². The van der Waals surface area contributed by atoms with E-state index in [1.54, 1.807) is 0 Å². The van der Waals surface area contributed by atoms with Gasteiger partial charge in [0.1, 0.15) is 5.54 Å². The second-order valence-corrected chi connectivity index (χ2v) is 5.93. The van der Waals surface area contributed by atoms with E-state index >= 15 is 0 Å². The summed E-state index contributed by atoms with van der Waals surface area (Å²) in [4.78, 5) is 12.2. The fraction of sp³-hybridized carbons (Fsp3) is 0.857. The average Bonchev–Trinajstić information content (AvgIpc) is 2.40. The van der Waals surface area contributed by atoms with Gasteiger partial charge in [0.25, 0.3) is 0 Å². The van der Waals surface area contributed by atoms with E-state index in [4.69, 9.17) is 10.9 Å². The van der Waals surface area contributed by atoms with Crippen LogP contribution in [-0.2, 0) is 4.79 Å². The maximum atomic E-state index is 12.2. The Bertz CT molecular complexity index is 334. The summed E-state index contributed by atoms with van der Waals surface area (Å²) in [6.45, 7) is 6.17. The zero-order valence-electron chi connectivity index (χ0n) is 12.3. The van der Waals surface area contributed by atoms with E-state index in [0.717, 1.165) is 38.5 Å². The lowest BCUT2D eigenvalue weighted by molar-refractivity contribution is -0.126. The molecule has 1 fully saturated rings. The molecule has 5 heteroatoms. The van der Waals surface area contributed by atoms with Crippen LogP contribution < -0.4 is 11.1 Å². The van der Waals surface area contributed by atoms with E-state index < -0.39 is 5.54 Å². The summed E-state index contributed by atoms with van der Waals surface area (Å²) in [5, 5.41) is 15.2. The molecule has 1 aliphatic rings. The van der Waals surface area contributed by atoms with Crippen molar-refractivity contribution in [2.45, 2.75) is 64.8 Å². The van der Waals surface area contributed by atoms with Crippen molar-refractivity contribution in [3.05, 3.63) is 0 Å². The number of amidine groups is 1. The minimum Gasteiger partial charge on any atom is -0.409 e. The van der Waals surface area contributed by atoms with Gasteiger partial charge in [0.2, 0.25) is 5.91 Å². The zero-order chi connectivity index (χ0) is 14.5. The van der Waals surface area contributed by atoms with E-state index in [9.17, 15) is 4.79 Å². The van der Waals surface area contributed by atoms with E-state index in [-0.39, 0.29) is 17.7 Å². The number of nitrogens with two attached hydrogens (primary N) is 1. The Morgan fingerprint density at radius 1 is 1.53 bits per heavy atom. The predicted octanol–water partition coefficient (Wildman–Crippen LogP) is 2.23. The highest BCUT2D eigenvalue weighted by Crippen LogP contribution is 2.32. The summed E-state index contributed by atoms with van der Waals surface area (Å²) in [5.74, 6) is 0.733. The molecule has 110 valence electrons. The van der Waals surface area contributed by atoms with Crippen molar-refractivity contribution in [2.75, 3.05) is 0 Å². The molecule has 1 aliphatic carbocycles. The molecule has 4 N–H and O–H groups in total. The molecule has 1 saturated carbocycles. The highest BCUT2D eigenvalue weighted by Gasteiger charge is 2.40. The van der Waals surface area contributed by atoms with Gasteiger partial charge in [0, 0.05) is 5.92 Å². The number of nitrogens with one attached hydrogen (secondary N) is 1. The van der Waals surface area contributed by atoms with Gasteiger partial charge in [-0.2, -0.15) is 0 Å². The molecule has 1 rings (SSSR count). The predicted molar refractivity (Wildman–Crippen MR) is 76.0 cm³/mol.